The van der Waals surface area contributed by atoms with Gasteiger partial charge in [0.15, 0.2) is 0 Å². The molecule has 0 radical (unpaired) electrons. The van der Waals surface area contributed by atoms with Crippen molar-refractivity contribution < 1.29 is 14.3 Å². The molecule has 0 bridgehead atoms. The van der Waals surface area contributed by atoms with E-state index in [0.29, 0.717) is 19.1 Å². The van der Waals surface area contributed by atoms with Crippen LogP contribution >= 0.6 is 0 Å². The van der Waals surface area contributed by atoms with Crippen molar-refractivity contribution >= 4 is 12.0 Å². The third-order valence-electron chi connectivity index (χ3n) is 2.90. The van der Waals surface area contributed by atoms with Gasteiger partial charge in [0.25, 0.3) is 0 Å². The lowest BCUT2D eigenvalue weighted by molar-refractivity contribution is -0.141. The summed E-state index contributed by atoms with van der Waals surface area (Å²) in [5.74, 6) is -0.00108. The van der Waals surface area contributed by atoms with E-state index in [1.165, 1.54) is 0 Å². The fraction of sp³-hybridized carbons (Fsp3) is 0.857. The Balaban J connectivity index is 4.49. The largest absolute Gasteiger partial charge is 0.465 e. The second kappa shape index (κ2) is 9.64. The fourth-order valence-electron chi connectivity index (χ4n) is 1.98. The lowest BCUT2D eigenvalue weighted by atomic mass is 10.1. The van der Waals surface area contributed by atoms with Gasteiger partial charge in [0.1, 0.15) is 6.54 Å². The summed E-state index contributed by atoms with van der Waals surface area (Å²) in [6.07, 6.45) is 1.83. The van der Waals surface area contributed by atoms with Crippen LogP contribution in [0.3, 0.4) is 0 Å². The van der Waals surface area contributed by atoms with Crippen LogP contribution in [0, 0.1) is 5.92 Å². The highest BCUT2D eigenvalue weighted by molar-refractivity contribution is 5.81. The molecule has 5 heteroatoms. The number of carbonyl (C=O) groups excluding carboxylic acids is 2. The van der Waals surface area contributed by atoms with Crippen LogP contribution in [-0.2, 0) is 9.53 Å². The number of carbonyl (C=O) groups is 2. The van der Waals surface area contributed by atoms with E-state index < -0.39 is 5.97 Å². The quantitative estimate of drug-likeness (QED) is 0.690. The number of nitrogens with zero attached hydrogens (tertiary/aromatic N) is 1. The molecule has 0 aromatic rings. The van der Waals surface area contributed by atoms with Crippen molar-refractivity contribution in [1.29, 1.82) is 0 Å². The van der Waals surface area contributed by atoms with E-state index in [-0.39, 0.29) is 18.6 Å². The van der Waals surface area contributed by atoms with Crippen LogP contribution in [0.25, 0.3) is 0 Å². The lowest BCUT2D eigenvalue weighted by Crippen LogP contribution is -2.48. The van der Waals surface area contributed by atoms with Gasteiger partial charge >= 0.3 is 12.0 Å². The number of rotatable bonds is 8. The molecule has 0 unspecified atom stereocenters. The maximum atomic E-state index is 12.2. The SMILES string of the molecule is CCOC(=O)CNC(=O)N(CC(C)C)C(CC)CC. The van der Waals surface area contributed by atoms with Crippen LogP contribution in [0.4, 0.5) is 4.79 Å². The predicted octanol–water partition coefficient (Wildman–Crippen LogP) is 2.41. The van der Waals surface area contributed by atoms with Gasteiger partial charge < -0.3 is 15.0 Å². The van der Waals surface area contributed by atoms with Gasteiger partial charge in [-0.3, -0.25) is 4.79 Å². The highest BCUT2D eigenvalue weighted by atomic mass is 16.5. The van der Waals surface area contributed by atoms with Gasteiger partial charge in [-0.1, -0.05) is 27.7 Å². The molecular formula is C14H28N2O3. The third kappa shape index (κ3) is 7.03. The van der Waals surface area contributed by atoms with Crippen molar-refractivity contribution in [2.45, 2.75) is 53.5 Å². The van der Waals surface area contributed by atoms with Crippen molar-refractivity contribution in [2.24, 2.45) is 5.92 Å². The first-order valence-corrected chi connectivity index (χ1v) is 7.16. The molecular weight excluding hydrogens is 244 g/mol. The Morgan fingerprint density at radius 1 is 1.16 bits per heavy atom. The van der Waals surface area contributed by atoms with Gasteiger partial charge in [-0.05, 0) is 25.7 Å². The minimum Gasteiger partial charge on any atom is -0.465 e. The van der Waals surface area contributed by atoms with Crippen molar-refractivity contribution in [2.75, 3.05) is 19.7 Å². The van der Waals surface area contributed by atoms with Gasteiger partial charge in [-0.25, -0.2) is 4.79 Å². The Labute approximate surface area is 116 Å². The summed E-state index contributed by atoms with van der Waals surface area (Å²) in [6.45, 7) is 11.0. The van der Waals surface area contributed by atoms with E-state index in [1.54, 1.807) is 6.92 Å². The predicted molar refractivity (Wildman–Crippen MR) is 75.9 cm³/mol. The first-order chi connectivity index (χ1) is 8.96. The molecule has 0 saturated carbocycles. The number of nitrogens with one attached hydrogen (secondary N) is 1. The van der Waals surface area contributed by atoms with E-state index in [2.05, 4.69) is 33.0 Å². The van der Waals surface area contributed by atoms with Crippen molar-refractivity contribution in [3.63, 3.8) is 0 Å². The maximum absolute atomic E-state index is 12.2. The highest BCUT2D eigenvalue weighted by Crippen LogP contribution is 2.11. The minimum absolute atomic E-state index is 0.0680. The van der Waals surface area contributed by atoms with Crippen LogP contribution in [-0.4, -0.2) is 42.6 Å². The van der Waals surface area contributed by atoms with Gasteiger partial charge in [0.2, 0.25) is 0 Å². The first-order valence-electron chi connectivity index (χ1n) is 7.16. The normalized spacial score (nSPS) is 10.7. The summed E-state index contributed by atoms with van der Waals surface area (Å²) in [5, 5.41) is 2.63. The van der Waals surface area contributed by atoms with Crippen LogP contribution in [0.2, 0.25) is 0 Å². The molecule has 0 saturated heterocycles. The zero-order valence-electron chi connectivity index (χ0n) is 12.9. The Morgan fingerprint density at radius 2 is 1.74 bits per heavy atom. The van der Waals surface area contributed by atoms with Crippen molar-refractivity contribution in [1.82, 2.24) is 10.2 Å². The molecule has 0 rings (SSSR count). The van der Waals surface area contributed by atoms with Crippen LogP contribution < -0.4 is 5.32 Å². The summed E-state index contributed by atoms with van der Waals surface area (Å²) < 4.78 is 4.79. The molecule has 0 aliphatic carbocycles. The minimum atomic E-state index is -0.398. The molecule has 2 amide bonds. The second-order valence-corrected chi connectivity index (χ2v) is 4.98. The zero-order valence-corrected chi connectivity index (χ0v) is 12.9. The molecule has 0 aliphatic heterocycles. The van der Waals surface area contributed by atoms with Crippen molar-refractivity contribution in [3.05, 3.63) is 0 Å². The van der Waals surface area contributed by atoms with E-state index in [1.807, 2.05) is 4.90 Å². The smallest absolute Gasteiger partial charge is 0.325 e. The molecule has 0 aliphatic rings. The van der Waals surface area contributed by atoms with Crippen LogP contribution in [0.5, 0.6) is 0 Å². The Kier molecular flexibility index (Phi) is 9.00. The molecule has 0 spiro atoms. The summed E-state index contributed by atoms with van der Waals surface area (Å²) >= 11 is 0. The van der Waals surface area contributed by atoms with Gasteiger partial charge in [0, 0.05) is 12.6 Å². The average Bonchev–Trinajstić information content (AvgIpc) is 2.36. The molecule has 0 aromatic carbocycles. The van der Waals surface area contributed by atoms with E-state index in [0.717, 1.165) is 12.8 Å². The molecule has 0 atom stereocenters. The van der Waals surface area contributed by atoms with Crippen LogP contribution in [0.1, 0.15) is 47.5 Å². The average molecular weight is 272 g/mol. The fourth-order valence-corrected chi connectivity index (χ4v) is 1.98. The Hall–Kier alpha value is -1.26. The van der Waals surface area contributed by atoms with Crippen molar-refractivity contribution in [3.8, 4) is 0 Å². The second-order valence-electron chi connectivity index (χ2n) is 4.98. The number of hydrogen-bond donors (Lipinski definition) is 1. The molecule has 0 heterocycles. The molecule has 1 N–H and O–H groups in total. The van der Waals surface area contributed by atoms with Crippen LogP contribution in [0.15, 0.2) is 0 Å². The number of hydrogen-bond acceptors (Lipinski definition) is 3. The molecule has 5 nitrogen and oxygen atoms in total. The first kappa shape index (κ1) is 17.7. The summed E-state index contributed by atoms with van der Waals surface area (Å²) in [4.78, 5) is 25.2. The Bertz CT molecular complexity index is 276. The topological polar surface area (TPSA) is 58.6 Å². The molecule has 0 aromatic heterocycles. The number of amides is 2. The maximum Gasteiger partial charge on any atom is 0.325 e. The van der Waals surface area contributed by atoms with E-state index in [9.17, 15) is 9.59 Å². The monoisotopic (exact) mass is 272 g/mol. The number of urea groups is 1. The van der Waals surface area contributed by atoms with Gasteiger partial charge in [-0.2, -0.15) is 0 Å². The van der Waals surface area contributed by atoms with E-state index >= 15 is 0 Å². The standard InChI is InChI=1S/C14H28N2O3/c1-6-12(7-2)16(10-11(4)5)14(18)15-9-13(17)19-8-3/h11-12H,6-10H2,1-5H3,(H,15,18). The molecule has 0 fully saturated rings. The number of ether oxygens (including phenoxy) is 1. The summed E-state index contributed by atoms with van der Waals surface area (Å²) in [5.41, 5.74) is 0. The Morgan fingerprint density at radius 3 is 2.16 bits per heavy atom. The van der Waals surface area contributed by atoms with E-state index in [4.69, 9.17) is 4.74 Å². The highest BCUT2D eigenvalue weighted by Gasteiger charge is 2.22. The third-order valence-corrected chi connectivity index (χ3v) is 2.90. The van der Waals surface area contributed by atoms with Gasteiger partial charge in [0.05, 0.1) is 6.61 Å². The van der Waals surface area contributed by atoms with Gasteiger partial charge in [-0.15, -0.1) is 0 Å². The summed E-state index contributed by atoms with van der Waals surface area (Å²) in [7, 11) is 0. The molecule has 19 heavy (non-hydrogen) atoms. The zero-order chi connectivity index (χ0) is 14.8. The number of esters is 1. The lowest BCUT2D eigenvalue weighted by Gasteiger charge is -2.32. The summed E-state index contributed by atoms with van der Waals surface area (Å²) in [6, 6.07) is 0.0278. The molecule has 112 valence electrons.